The minimum absolute atomic E-state index is 0. The Hall–Kier alpha value is -6.08. The number of hydrogen-bond acceptors (Lipinski definition) is 26. The van der Waals surface area contributed by atoms with E-state index in [4.69, 9.17) is 82.1 Å². The number of rotatable bonds is 41. The van der Waals surface area contributed by atoms with E-state index in [9.17, 15) is 38.4 Å². The first kappa shape index (κ1) is 99.0. The number of aliphatic hydroxyl groups is 4. The van der Waals surface area contributed by atoms with Crippen LogP contribution in [0.3, 0.4) is 0 Å². The minimum atomic E-state index is -0.875. The molecule has 2 fully saturated rings. The van der Waals surface area contributed by atoms with Crippen LogP contribution in [0.2, 0.25) is 0 Å². The van der Waals surface area contributed by atoms with Crippen LogP contribution < -0.4 is 0 Å². The van der Waals surface area contributed by atoms with Crippen molar-refractivity contribution in [2.24, 2.45) is 10.8 Å². The molecule has 0 unspecified atom stereocenters. The van der Waals surface area contributed by atoms with Gasteiger partial charge in [0.25, 0.3) is 23.6 Å². The predicted molar refractivity (Wildman–Crippen MR) is 309 cm³/mol. The van der Waals surface area contributed by atoms with Gasteiger partial charge in [-0.05, 0) is 6.42 Å². The maximum atomic E-state index is 11.9. The van der Waals surface area contributed by atoms with E-state index in [-0.39, 0.29) is 182 Å². The van der Waals surface area contributed by atoms with E-state index in [0.717, 1.165) is 28.4 Å². The van der Waals surface area contributed by atoms with Crippen LogP contribution in [0.25, 0.3) is 0 Å². The Morgan fingerprint density at radius 3 is 0.916 bits per heavy atom. The van der Waals surface area contributed by atoms with Crippen LogP contribution in [-0.2, 0) is 105 Å². The van der Waals surface area contributed by atoms with Crippen LogP contribution in [-0.4, -0.2) is 226 Å². The summed E-state index contributed by atoms with van der Waals surface area (Å²) in [5.74, 6) is -5.10. The Bertz CT molecular complexity index is 1590. The second-order valence-corrected chi connectivity index (χ2v) is 15.0. The zero-order valence-corrected chi connectivity index (χ0v) is 45.5. The Labute approximate surface area is 494 Å². The number of methoxy groups -OCH3 is 2. The molecule has 2 rings (SSSR count). The van der Waals surface area contributed by atoms with Gasteiger partial charge in [0, 0.05) is 81.2 Å². The Morgan fingerprint density at radius 1 is 0.398 bits per heavy atom. The van der Waals surface area contributed by atoms with Gasteiger partial charge in [-0.1, -0.05) is 70.9 Å². The molecule has 2 heterocycles. The summed E-state index contributed by atoms with van der Waals surface area (Å²) >= 11 is 0. The normalized spacial score (nSPS) is 11.5. The minimum Gasteiger partial charge on any atom is -0.501 e. The van der Waals surface area contributed by atoms with Crippen molar-refractivity contribution in [3.8, 4) is 0 Å². The third-order valence-corrected chi connectivity index (χ3v) is 9.20. The molecule has 2 aliphatic rings. The number of aliphatic hydroxyl groups excluding tert-OH is 4. The SMILES string of the molecule is C.C.C.C.C.C.C=COCC(COC=C)(COCCOC)COCCOC(=O)CCC(=O)ON1C(=O)CCC1=O.C=COCC(COC=C)(COCCOC)COCCOC(=O)CCCC(=O)ON1C(=O)CCC1=O.CO.CO.CO.CO. The van der Waals surface area contributed by atoms with Crippen molar-refractivity contribution < 1.29 is 125 Å². The van der Waals surface area contributed by atoms with Gasteiger partial charge in [-0.2, -0.15) is 0 Å². The van der Waals surface area contributed by atoms with E-state index < -0.39 is 58.3 Å². The zero-order chi connectivity index (χ0) is 59.2. The number of carbonyl (C=O) groups excluding carboxylic acids is 8. The van der Waals surface area contributed by atoms with Crippen LogP contribution >= 0.6 is 0 Å². The van der Waals surface area contributed by atoms with Crippen molar-refractivity contribution in [3.05, 3.63) is 51.4 Å². The average Bonchev–Trinajstić information content (AvgIpc) is 3.94. The van der Waals surface area contributed by atoms with Crippen molar-refractivity contribution in [1.29, 1.82) is 0 Å². The fraction of sp³-hybridized carbons (Fsp3) is 0.709. The van der Waals surface area contributed by atoms with E-state index >= 15 is 0 Å². The van der Waals surface area contributed by atoms with Crippen molar-refractivity contribution >= 4 is 47.5 Å². The highest BCUT2D eigenvalue weighted by Crippen LogP contribution is 2.23. The standard InChI is InChI=1S/C23H35NO11.C22H33NO11.4CH4O.6CH4/c1-4-30-15-23(16-31-5-2,17-32-12-11-29-3)18-33-13-14-34-21(27)7-6-8-22(28)35-24-19(25)9-10-20(24)26;1-4-29-14-22(15-30-5-2,16-31-11-10-28-3)17-32-12-13-33-20(26)8-9-21(27)34-23-18(24)6-7-19(23)25;4*1-2;;;;;;/h4-5H,1-2,6-18H2,3H3;4-5H,1-2,6-17H2,3H3;4*2H,1H3;6*1H4. The monoisotopic (exact) mass is 1210 g/mol. The molecule has 0 aromatic heterocycles. The predicted octanol–water partition coefficient (Wildman–Crippen LogP) is 4.45. The first-order valence-corrected chi connectivity index (χ1v) is 23.7. The second kappa shape index (κ2) is 68.4. The molecule has 4 N–H and O–H groups in total. The maximum Gasteiger partial charge on any atom is 0.333 e. The van der Waals surface area contributed by atoms with Crippen molar-refractivity contribution in [3.63, 3.8) is 0 Å². The first-order chi connectivity index (χ1) is 37.2. The molecule has 28 heteroatoms. The Balaban J connectivity index is -0.000000134. The van der Waals surface area contributed by atoms with Gasteiger partial charge >= 0.3 is 23.9 Å². The molecule has 2 aliphatic heterocycles. The lowest BCUT2D eigenvalue weighted by molar-refractivity contribution is -0.197. The molecule has 494 valence electrons. The van der Waals surface area contributed by atoms with Crippen molar-refractivity contribution in [2.45, 2.75) is 102 Å². The summed E-state index contributed by atoms with van der Waals surface area (Å²) in [4.78, 5) is 102. The van der Waals surface area contributed by atoms with Crippen molar-refractivity contribution in [2.75, 3.05) is 148 Å². The number of esters is 2. The number of amides is 4. The molecular weight excluding hydrogens is 1100 g/mol. The maximum absolute atomic E-state index is 11.9. The summed E-state index contributed by atoms with van der Waals surface area (Å²) in [6.45, 7) is 17.7. The third-order valence-electron chi connectivity index (χ3n) is 9.20. The lowest BCUT2D eigenvalue weighted by Crippen LogP contribution is -2.41. The summed E-state index contributed by atoms with van der Waals surface area (Å²) in [5.41, 5.74) is -1.33. The molecule has 0 aromatic carbocycles. The molecule has 83 heavy (non-hydrogen) atoms. The smallest absolute Gasteiger partial charge is 0.333 e. The van der Waals surface area contributed by atoms with Gasteiger partial charge in [-0.15, -0.1) is 10.1 Å². The van der Waals surface area contributed by atoms with E-state index in [2.05, 4.69) is 31.2 Å². The van der Waals surface area contributed by atoms with Gasteiger partial charge in [0.05, 0.1) is 115 Å². The summed E-state index contributed by atoms with van der Waals surface area (Å²) in [6.07, 6.45) is 4.64. The third kappa shape index (κ3) is 50.2. The molecule has 0 aliphatic carbocycles. The fourth-order valence-electron chi connectivity index (χ4n) is 5.65. The molecule has 4 amide bonds. The molecule has 2 saturated heterocycles. The zero-order valence-electron chi connectivity index (χ0n) is 45.5. The number of hydroxylamine groups is 4. The fourth-order valence-corrected chi connectivity index (χ4v) is 5.65. The lowest BCUT2D eigenvalue weighted by atomic mass is 9.92. The highest BCUT2D eigenvalue weighted by Gasteiger charge is 2.36. The number of hydrogen-bond donors (Lipinski definition) is 4. The van der Waals surface area contributed by atoms with E-state index in [0.29, 0.717) is 36.6 Å². The number of imide groups is 2. The largest absolute Gasteiger partial charge is 0.501 e. The van der Waals surface area contributed by atoms with E-state index in [1.165, 1.54) is 25.0 Å². The molecule has 0 spiro atoms. The van der Waals surface area contributed by atoms with Crippen LogP contribution in [0.15, 0.2) is 51.4 Å². The van der Waals surface area contributed by atoms with Crippen LogP contribution in [0.1, 0.15) is 102 Å². The highest BCUT2D eigenvalue weighted by atomic mass is 16.7. The Morgan fingerprint density at radius 2 is 0.639 bits per heavy atom. The molecule has 0 atom stereocenters. The van der Waals surface area contributed by atoms with Gasteiger partial charge in [-0.3, -0.25) is 28.8 Å². The first-order valence-electron chi connectivity index (χ1n) is 23.7. The summed E-state index contributed by atoms with van der Waals surface area (Å²) in [7, 11) is 7.15. The molecule has 0 radical (unpaired) electrons. The van der Waals surface area contributed by atoms with Gasteiger partial charge in [-0.25, -0.2) is 9.59 Å². The number of nitrogens with zero attached hydrogens (tertiary/aromatic N) is 2. The molecule has 0 bridgehead atoms. The van der Waals surface area contributed by atoms with E-state index in [1.54, 1.807) is 14.2 Å². The number of ether oxygens (including phenoxy) is 12. The van der Waals surface area contributed by atoms with Crippen LogP contribution in [0.5, 0.6) is 0 Å². The van der Waals surface area contributed by atoms with E-state index in [1.807, 2.05) is 0 Å². The van der Waals surface area contributed by atoms with Gasteiger partial charge in [0.1, 0.15) is 39.6 Å². The highest BCUT2D eigenvalue weighted by molar-refractivity contribution is 6.02. The quantitative estimate of drug-likeness (QED) is 0.0284. The van der Waals surface area contributed by atoms with Gasteiger partial charge in [0.15, 0.2) is 0 Å². The van der Waals surface area contributed by atoms with Gasteiger partial charge in [0.2, 0.25) is 0 Å². The summed E-state index contributed by atoms with van der Waals surface area (Å²) < 4.78 is 64.1. The summed E-state index contributed by atoms with van der Waals surface area (Å²) in [5, 5.41) is 28.9. The summed E-state index contributed by atoms with van der Waals surface area (Å²) in [6, 6.07) is 0. The van der Waals surface area contributed by atoms with Crippen molar-refractivity contribution in [1.82, 2.24) is 10.1 Å². The molecule has 0 saturated carbocycles. The van der Waals surface area contributed by atoms with Gasteiger partial charge < -0.3 is 86.9 Å². The molecule has 0 aromatic rings. The topological polar surface area (TPSA) is 353 Å². The molecular formula is C55H108N2O26. The molecule has 28 nitrogen and oxygen atoms in total. The Kier molecular flexibility index (Phi) is 81.6. The second-order valence-electron chi connectivity index (χ2n) is 15.0. The van der Waals surface area contributed by atoms with Crippen LogP contribution in [0, 0.1) is 10.8 Å². The average molecular weight is 1210 g/mol. The number of carbonyl (C=O) groups is 8. The lowest BCUT2D eigenvalue weighted by Gasteiger charge is -2.31. The van der Waals surface area contributed by atoms with Crippen LogP contribution in [0.4, 0.5) is 0 Å².